The van der Waals surface area contributed by atoms with Crippen molar-refractivity contribution >= 4 is 0 Å². The van der Waals surface area contributed by atoms with Crippen LogP contribution in [0.3, 0.4) is 0 Å². The van der Waals surface area contributed by atoms with E-state index in [1.807, 2.05) is 19.1 Å². The Balaban J connectivity index is 1.88. The number of hydrogen-bond acceptors (Lipinski definition) is 4. The van der Waals surface area contributed by atoms with E-state index in [0.29, 0.717) is 0 Å². The van der Waals surface area contributed by atoms with E-state index in [-0.39, 0.29) is 5.54 Å². The van der Waals surface area contributed by atoms with Crippen LogP contribution in [0.5, 0.6) is 0 Å². The monoisotopic (exact) mass is 273 g/mol. The van der Waals surface area contributed by atoms with Gasteiger partial charge in [0.1, 0.15) is 11.6 Å². The molecule has 2 aromatic heterocycles. The molecule has 5 nitrogen and oxygen atoms in total. The molecule has 1 spiro atoms. The largest absolute Gasteiger partial charge is 0.458 e. The minimum Gasteiger partial charge on any atom is -0.458 e. The lowest BCUT2D eigenvalue weighted by Crippen LogP contribution is -2.35. The third-order valence-corrected chi connectivity index (χ3v) is 4.54. The van der Waals surface area contributed by atoms with Crippen LogP contribution in [0, 0.1) is 6.92 Å². The zero-order chi connectivity index (χ0) is 13.6. The molecule has 0 amide bonds. The van der Waals surface area contributed by atoms with Gasteiger partial charge in [0.25, 0.3) is 0 Å². The summed E-state index contributed by atoms with van der Waals surface area (Å²) in [5, 5.41) is 8.80. The summed E-state index contributed by atoms with van der Waals surface area (Å²) in [6, 6.07) is 3.96. The van der Waals surface area contributed by atoms with Crippen molar-refractivity contribution in [2.75, 3.05) is 13.2 Å². The Morgan fingerprint density at radius 3 is 2.80 bits per heavy atom. The van der Waals surface area contributed by atoms with Gasteiger partial charge in [0.15, 0.2) is 11.6 Å². The van der Waals surface area contributed by atoms with Gasteiger partial charge in [-0.1, -0.05) is 12.8 Å². The Morgan fingerprint density at radius 2 is 2.05 bits per heavy atom. The number of ether oxygens (including phenoxy) is 1. The van der Waals surface area contributed by atoms with Crippen LogP contribution in [-0.2, 0) is 16.7 Å². The fourth-order valence-electron chi connectivity index (χ4n) is 3.58. The highest BCUT2D eigenvalue weighted by Gasteiger charge is 2.41. The lowest BCUT2D eigenvalue weighted by molar-refractivity contribution is 0.0689. The quantitative estimate of drug-likeness (QED) is 0.801. The molecule has 0 aromatic carbocycles. The van der Waals surface area contributed by atoms with Gasteiger partial charge >= 0.3 is 0 Å². The van der Waals surface area contributed by atoms with Gasteiger partial charge < -0.3 is 9.15 Å². The minimum atomic E-state index is 0.0331. The Hall–Kier alpha value is -1.62. The Morgan fingerprint density at radius 1 is 1.20 bits per heavy atom. The van der Waals surface area contributed by atoms with Gasteiger partial charge in [0.2, 0.25) is 0 Å². The van der Waals surface area contributed by atoms with E-state index in [0.717, 1.165) is 55.6 Å². The van der Waals surface area contributed by atoms with E-state index >= 15 is 0 Å². The van der Waals surface area contributed by atoms with E-state index < -0.39 is 0 Å². The fourth-order valence-corrected chi connectivity index (χ4v) is 3.58. The number of aryl methyl sites for hydroxylation is 1. The van der Waals surface area contributed by atoms with Crippen molar-refractivity contribution < 1.29 is 9.15 Å². The minimum absolute atomic E-state index is 0.0331. The summed E-state index contributed by atoms with van der Waals surface area (Å²) >= 11 is 0. The molecule has 0 saturated heterocycles. The highest BCUT2D eigenvalue weighted by molar-refractivity contribution is 5.48. The molecule has 1 fully saturated rings. The topological polar surface area (TPSA) is 53.1 Å². The molecule has 0 atom stereocenters. The van der Waals surface area contributed by atoms with Gasteiger partial charge in [-0.25, -0.2) is 0 Å². The summed E-state index contributed by atoms with van der Waals surface area (Å²) in [4.78, 5) is 0. The smallest absolute Gasteiger partial charge is 0.200 e. The summed E-state index contributed by atoms with van der Waals surface area (Å²) < 4.78 is 13.9. The van der Waals surface area contributed by atoms with Gasteiger partial charge in [0.05, 0.1) is 18.8 Å². The average Bonchev–Trinajstić information content (AvgIpc) is 3.11. The van der Waals surface area contributed by atoms with E-state index in [1.165, 1.54) is 12.8 Å². The van der Waals surface area contributed by atoms with Gasteiger partial charge in [-0.2, -0.15) is 0 Å². The predicted molar refractivity (Wildman–Crippen MR) is 73.4 cm³/mol. The first-order chi connectivity index (χ1) is 9.78. The number of aromatic nitrogens is 3. The second-order valence-corrected chi connectivity index (χ2v) is 5.92. The molecular weight excluding hydrogens is 254 g/mol. The van der Waals surface area contributed by atoms with Gasteiger partial charge in [-0.05, 0) is 31.9 Å². The summed E-state index contributed by atoms with van der Waals surface area (Å²) in [6.07, 6.45) is 5.61. The third kappa shape index (κ3) is 1.73. The maximum Gasteiger partial charge on any atom is 0.200 e. The molecule has 2 aromatic rings. The Kier molecular flexibility index (Phi) is 2.70. The number of fused-ring (bicyclic) bond motifs is 2. The Bertz CT molecular complexity index is 623. The van der Waals surface area contributed by atoms with E-state index in [4.69, 9.17) is 9.15 Å². The number of nitrogens with zero attached hydrogens (tertiary/aromatic N) is 3. The predicted octanol–water partition coefficient (Wildman–Crippen LogP) is 2.69. The maximum absolute atomic E-state index is 5.85. The fraction of sp³-hybridized carbons (Fsp3) is 0.600. The van der Waals surface area contributed by atoms with Crippen molar-refractivity contribution in [1.29, 1.82) is 0 Å². The molecule has 0 N–H and O–H groups in total. The lowest BCUT2D eigenvalue weighted by atomic mass is 9.98. The molecule has 2 aliphatic rings. The highest BCUT2D eigenvalue weighted by Crippen LogP contribution is 2.41. The van der Waals surface area contributed by atoms with Crippen molar-refractivity contribution in [3.63, 3.8) is 0 Å². The molecule has 106 valence electrons. The summed E-state index contributed by atoms with van der Waals surface area (Å²) in [6.45, 7) is 3.46. The van der Waals surface area contributed by atoms with E-state index in [9.17, 15) is 0 Å². The van der Waals surface area contributed by atoms with Crippen LogP contribution in [0.25, 0.3) is 11.6 Å². The van der Waals surface area contributed by atoms with E-state index in [2.05, 4.69) is 14.8 Å². The maximum atomic E-state index is 5.85. The molecule has 1 saturated carbocycles. The summed E-state index contributed by atoms with van der Waals surface area (Å²) in [5.41, 5.74) is 0.0331. The molecule has 3 heterocycles. The van der Waals surface area contributed by atoms with Crippen LogP contribution in [-0.4, -0.2) is 28.0 Å². The SMILES string of the molecule is Cc1ccc(-c2nnc3n2C2(CCCC2)COCC3)o1. The molecule has 0 radical (unpaired) electrons. The summed E-state index contributed by atoms with van der Waals surface area (Å²) in [7, 11) is 0. The molecule has 4 rings (SSSR count). The standard InChI is InChI=1S/C15H19N3O2/c1-11-4-5-12(20-11)14-17-16-13-6-9-19-10-15(18(13)14)7-2-3-8-15/h4-5H,2-3,6-10H2,1H3. The zero-order valence-corrected chi connectivity index (χ0v) is 11.8. The lowest BCUT2D eigenvalue weighted by Gasteiger charge is -2.30. The van der Waals surface area contributed by atoms with Crippen molar-refractivity contribution in [2.24, 2.45) is 0 Å². The number of hydrogen-bond donors (Lipinski definition) is 0. The molecule has 5 heteroatoms. The van der Waals surface area contributed by atoms with Gasteiger partial charge in [-0.15, -0.1) is 10.2 Å². The van der Waals surface area contributed by atoms with Gasteiger partial charge in [-0.3, -0.25) is 4.57 Å². The summed E-state index contributed by atoms with van der Waals surface area (Å²) in [5.74, 6) is 3.62. The van der Waals surface area contributed by atoms with Crippen LogP contribution >= 0.6 is 0 Å². The first kappa shape index (κ1) is 12.1. The van der Waals surface area contributed by atoms with Crippen molar-refractivity contribution in [3.05, 3.63) is 23.7 Å². The number of furan rings is 1. The second kappa shape index (κ2) is 4.45. The Labute approximate surface area is 117 Å². The molecule has 1 aliphatic heterocycles. The average molecular weight is 273 g/mol. The van der Waals surface area contributed by atoms with Crippen LogP contribution < -0.4 is 0 Å². The zero-order valence-electron chi connectivity index (χ0n) is 11.8. The molecule has 20 heavy (non-hydrogen) atoms. The molecule has 0 bridgehead atoms. The van der Waals surface area contributed by atoms with Crippen LogP contribution in [0.4, 0.5) is 0 Å². The molecule has 0 unspecified atom stereocenters. The molecular formula is C15H19N3O2. The first-order valence-corrected chi connectivity index (χ1v) is 7.38. The van der Waals surface area contributed by atoms with Crippen molar-refractivity contribution in [2.45, 2.75) is 44.6 Å². The third-order valence-electron chi connectivity index (χ3n) is 4.54. The van der Waals surface area contributed by atoms with Crippen LogP contribution in [0.2, 0.25) is 0 Å². The van der Waals surface area contributed by atoms with E-state index in [1.54, 1.807) is 0 Å². The first-order valence-electron chi connectivity index (χ1n) is 7.38. The normalized spacial score (nSPS) is 21.1. The van der Waals surface area contributed by atoms with Crippen molar-refractivity contribution in [1.82, 2.24) is 14.8 Å². The van der Waals surface area contributed by atoms with Crippen molar-refractivity contribution in [3.8, 4) is 11.6 Å². The highest BCUT2D eigenvalue weighted by atomic mass is 16.5. The van der Waals surface area contributed by atoms with Crippen LogP contribution in [0.1, 0.15) is 37.3 Å². The molecule has 1 aliphatic carbocycles. The van der Waals surface area contributed by atoms with Gasteiger partial charge in [0, 0.05) is 6.42 Å². The van der Waals surface area contributed by atoms with Crippen LogP contribution in [0.15, 0.2) is 16.5 Å². The second-order valence-electron chi connectivity index (χ2n) is 5.92. The number of rotatable bonds is 1.